The monoisotopic (exact) mass is 276 g/mol. The van der Waals surface area contributed by atoms with Gasteiger partial charge in [-0.3, -0.25) is 0 Å². The molecule has 0 bridgehead atoms. The van der Waals surface area contributed by atoms with Crippen LogP contribution in [0.2, 0.25) is 0 Å². The maximum absolute atomic E-state index is 8.78. The number of rotatable bonds is 5. The van der Waals surface area contributed by atoms with Crippen molar-refractivity contribution in [2.24, 2.45) is 0 Å². The number of nitriles is 2. The van der Waals surface area contributed by atoms with E-state index in [0.717, 1.165) is 41.5 Å². The predicted molar refractivity (Wildman–Crippen MR) is 83.6 cm³/mol. The number of allylic oxidation sites excluding steroid dienone is 1. The lowest BCUT2D eigenvalue weighted by molar-refractivity contribution is 0.310. The zero-order chi connectivity index (χ0) is 15.1. The van der Waals surface area contributed by atoms with Gasteiger partial charge in [-0.05, 0) is 47.0 Å². The summed E-state index contributed by atoms with van der Waals surface area (Å²) in [6, 6.07) is 15.5. The van der Waals surface area contributed by atoms with Crippen molar-refractivity contribution in [3.8, 4) is 17.9 Å². The summed E-state index contributed by atoms with van der Waals surface area (Å²) in [4.78, 5) is 0. The molecule has 0 amide bonds. The minimum atomic E-state index is 0.105. The van der Waals surface area contributed by atoms with Crippen LogP contribution in [0, 0.1) is 22.7 Å². The molecule has 0 fully saturated rings. The van der Waals surface area contributed by atoms with E-state index in [9.17, 15) is 0 Å². The van der Waals surface area contributed by atoms with E-state index in [0.29, 0.717) is 0 Å². The normalized spacial score (nSPS) is 9.67. The lowest BCUT2D eigenvalue weighted by Gasteiger charge is -2.07. The molecule has 0 unspecified atom stereocenters. The molecule has 0 N–H and O–H groups in total. The quantitative estimate of drug-likeness (QED) is 0.599. The zero-order valence-corrected chi connectivity index (χ0v) is 12.0. The molecular weight excluding hydrogens is 260 g/mol. The second kappa shape index (κ2) is 7.12. The summed E-state index contributed by atoms with van der Waals surface area (Å²) in [6.07, 6.45) is 3.75. The molecule has 0 aliphatic heterocycles. The molecule has 0 radical (unpaired) electrons. The van der Waals surface area contributed by atoms with Crippen LogP contribution in [0.1, 0.15) is 25.3 Å². The van der Waals surface area contributed by atoms with Crippen LogP contribution in [-0.2, 0) is 0 Å². The van der Waals surface area contributed by atoms with Gasteiger partial charge in [-0.15, -0.1) is 0 Å². The fourth-order valence-corrected chi connectivity index (χ4v) is 2.01. The van der Waals surface area contributed by atoms with Gasteiger partial charge in [0.15, 0.2) is 0 Å². The Morgan fingerprint density at radius 2 is 1.81 bits per heavy atom. The summed E-state index contributed by atoms with van der Waals surface area (Å²) >= 11 is 0. The molecule has 0 aliphatic rings. The third-order valence-electron chi connectivity index (χ3n) is 3.15. The first-order valence-electron chi connectivity index (χ1n) is 6.95. The van der Waals surface area contributed by atoms with Gasteiger partial charge in [-0.25, -0.2) is 0 Å². The van der Waals surface area contributed by atoms with E-state index in [-0.39, 0.29) is 5.57 Å². The van der Waals surface area contributed by atoms with E-state index in [1.54, 1.807) is 6.08 Å². The average molecular weight is 276 g/mol. The predicted octanol–water partition coefficient (Wildman–Crippen LogP) is 4.45. The molecule has 104 valence electrons. The fourth-order valence-electron chi connectivity index (χ4n) is 2.01. The Kier molecular flexibility index (Phi) is 4.96. The minimum absolute atomic E-state index is 0.105. The molecule has 2 aromatic carbocycles. The maximum atomic E-state index is 8.78. The van der Waals surface area contributed by atoms with Crippen LogP contribution in [0.5, 0.6) is 5.75 Å². The summed E-state index contributed by atoms with van der Waals surface area (Å²) in [6.45, 7) is 2.87. The van der Waals surface area contributed by atoms with Crippen LogP contribution in [0.3, 0.4) is 0 Å². The number of nitrogens with zero attached hydrogens (tertiary/aromatic N) is 2. The summed E-state index contributed by atoms with van der Waals surface area (Å²) in [5, 5.41) is 19.7. The largest absolute Gasteiger partial charge is 0.494 e. The SMILES string of the molecule is CCCCOc1ccc2cc(C=C(C#N)C#N)ccc2c1. The van der Waals surface area contributed by atoms with Crippen molar-refractivity contribution in [1.82, 2.24) is 0 Å². The highest BCUT2D eigenvalue weighted by molar-refractivity contribution is 5.86. The Morgan fingerprint density at radius 3 is 2.52 bits per heavy atom. The van der Waals surface area contributed by atoms with E-state index in [1.165, 1.54) is 0 Å². The van der Waals surface area contributed by atoms with Gasteiger partial charge in [0.1, 0.15) is 23.5 Å². The Bertz CT molecular complexity index is 732. The first-order chi connectivity index (χ1) is 10.3. The van der Waals surface area contributed by atoms with Gasteiger partial charge in [0.05, 0.1) is 6.61 Å². The first-order valence-corrected chi connectivity index (χ1v) is 6.95. The van der Waals surface area contributed by atoms with Crippen LogP contribution in [0.15, 0.2) is 42.0 Å². The van der Waals surface area contributed by atoms with Gasteiger partial charge in [0.2, 0.25) is 0 Å². The van der Waals surface area contributed by atoms with Crippen LogP contribution in [0.4, 0.5) is 0 Å². The van der Waals surface area contributed by atoms with Gasteiger partial charge < -0.3 is 4.74 Å². The molecule has 3 nitrogen and oxygen atoms in total. The number of fused-ring (bicyclic) bond motifs is 1. The Morgan fingerprint density at radius 1 is 1.10 bits per heavy atom. The molecule has 3 heteroatoms. The molecule has 0 atom stereocenters. The summed E-state index contributed by atoms with van der Waals surface area (Å²) in [5.74, 6) is 0.869. The Balaban J connectivity index is 2.26. The van der Waals surface area contributed by atoms with Gasteiger partial charge >= 0.3 is 0 Å². The molecule has 0 aliphatic carbocycles. The van der Waals surface area contributed by atoms with Crippen molar-refractivity contribution in [1.29, 1.82) is 10.5 Å². The highest BCUT2D eigenvalue weighted by Gasteiger charge is 2.00. The molecule has 0 saturated heterocycles. The average Bonchev–Trinajstić information content (AvgIpc) is 2.52. The minimum Gasteiger partial charge on any atom is -0.494 e. The van der Waals surface area contributed by atoms with Gasteiger partial charge in [-0.2, -0.15) is 10.5 Å². The van der Waals surface area contributed by atoms with E-state index in [4.69, 9.17) is 15.3 Å². The smallest absolute Gasteiger partial charge is 0.130 e. The molecule has 0 aromatic heterocycles. The number of unbranched alkanes of at least 4 members (excludes halogenated alkanes) is 1. The molecule has 0 heterocycles. The van der Waals surface area contributed by atoms with Crippen LogP contribution in [0.25, 0.3) is 16.8 Å². The lowest BCUT2D eigenvalue weighted by atomic mass is 10.1. The van der Waals surface area contributed by atoms with Crippen LogP contribution < -0.4 is 4.74 Å². The van der Waals surface area contributed by atoms with Gasteiger partial charge in [-0.1, -0.05) is 31.5 Å². The zero-order valence-electron chi connectivity index (χ0n) is 12.0. The van der Waals surface area contributed by atoms with Gasteiger partial charge in [0.25, 0.3) is 0 Å². The number of hydrogen-bond donors (Lipinski definition) is 0. The van der Waals surface area contributed by atoms with Crippen molar-refractivity contribution in [2.75, 3.05) is 6.61 Å². The second-order valence-corrected chi connectivity index (χ2v) is 4.75. The highest BCUT2D eigenvalue weighted by Crippen LogP contribution is 2.23. The maximum Gasteiger partial charge on any atom is 0.130 e. The standard InChI is InChI=1S/C18H16N2O/c1-2-3-8-21-18-7-6-16-10-14(4-5-17(16)11-18)9-15(12-19)13-20/h4-7,9-11H,2-3,8H2,1H3. The Labute approximate surface area is 124 Å². The van der Waals surface area contributed by atoms with Crippen molar-refractivity contribution in [2.45, 2.75) is 19.8 Å². The molecule has 2 rings (SSSR count). The van der Waals surface area contributed by atoms with Crippen molar-refractivity contribution < 1.29 is 4.74 Å². The van der Waals surface area contributed by atoms with Crippen molar-refractivity contribution in [3.63, 3.8) is 0 Å². The Hall–Kier alpha value is -2.78. The van der Waals surface area contributed by atoms with Crippen LogP contribution >= 0.6 is 0 Å². The summed E-state index contributed by atoms with van der Waals surface area (Å²) in [5.41, 5.74) is 0.953. The lowest BCUT2D eigenvalue weighted by Crippen LogP contribution is -1.96. The van der Waals surface area contributed by atoms with Gasteiger partial charge in [0, 0.05) is 0 Å². The highest BCUT2D eigenvalue weighted by atomic mass is 16.5. The fraction of sp³-hybridized carbons (Fsp3) is 0.222. The molecular formula is C18H16N2O. The molecule has 0 saturated carbocycles. The summed E-state index contributed by atoms with van der Waals surface area (Å²) < 4.78 is 5.69. The number of ether oxygens (including phenoxy) is 1. The number of benzene rings is 2. The van der Waals surface area contributed by atoms with E-state index < -0.39 is 0 Å². The third-order valence-corrected chi connectivity index (χ3v) is 3.15. The van der Waals surface area contributed by atoms with E-state index in [1.807, 2.05) is 48.5 Å². The van der Waals surface area contributed by atoms with Crippen molar-refractivity contribution in [3.05, 3.63) is 47.5 Å². The second-order valence-electron chi connectivity index (χ2n) is 4.75. The molecule has 0 spiro atoms. The van der Waals surface area contributed by atoms with E-state index in [2.05, 4.69) is 6.92 Å². The first kappa shape index (κ1) is 14.6. The van der Waals surface area contributed by atoms with Crippen molar-refractivity contribution >= 4 is 16.8 Å². The summed E-state index contributed by atoms with van der Waals surface area (Å²) in [7, 11) is 0. The molecule has 2 aromatic rings. The topological polar surface area (TPSA) is 56.8 Å². The van der Waals surface area contributed by atoms with Crippen LogP contribution in [-0.4, -0.2) is 6.61 Å². The third kappa shape index (κ3) is 3.84. The number of hydrogen-bond acceptors (Lipinski definition) is 3. The molecule has 21 heavy (non-hydrogen) atoms. The van der Waals surface area contributed by atoms with E-state index >= 15 is 0 Å².